The molecule has 0 saturated heterocycles. The number of furan rings is 1. The molecule has 92 valence electrons. The first-order chi connectivity index (χ1) is 8.72. The van der Waals surface area contributed by atoms with Crippen molar-refractivity contribution in [3.63, 3.8) is 0 Å². The summed E-state index contributed by atoms with van der Waals surface area (Å²) in [5.74, 6) is 1.59. The maximum Gasteiger partial charge on any atom is 0.153 e. The summed E-state index contributed by atoms with van der Waals surface area (Å²) in [7, 11) is 0. The summed E-state index contributed by atoms with van der Waals surface area (Å²) in [4.78, 5) is 8.22. The molecule has 0 aliphatic heterocycles. The van der Waals surface area contributed by atoms with Crippen LogP contribution in [0, 0.1) is 17.2 Å². The lowest BCUT2D eigenvalue weighted by Crippen LogP contribution is -2.11. The van der Waals surface area contributed by atoms with Gasteiger partial charge in [-0.25, -0.2) is 9.97 Å². The van der Waals surface area contributed by atoms with Gasteiger partial charge in [0.05, 0.1) is 6.26 Å². The van der Waals surface area contributed by atoms with Crippen LogP contribution in [0.25, 0.3) is 11.5 Å². The highest BCUT2D eigenvalue weighted by atomic mass is 16.3. The van der Waals surface area contributed by atoms with Crippen molar-refractivity contribution >= 4 is 5.82 Å². The smallest absolute Gasteiger partial charge is 0.153 e. The highest BCUT2D eigenvalue weighted by Crippen LogP contribution is 2.25. The quantitative estimate of drug-likeness (QED) is 0.892. The molecule has 5 nitrogen and oxygen atoms in total. The van der Waals surface area contributed by atoms with Gasteiger partial charge in [0.1, 0.15) is 29.5 Å². The zero-order valence-electron chi connectivity index (χ0n) is 10.3. The van der Waals surface area contributed by atoms with Gasteiger partial charge in [-0.3, -0.25) is 0 Å². The molecule has 0 saturated carbocycles. The molecule has 0 fully saturated rings. The number of nitrogens with one attached hydrogen (secondary N) is 1. The van der Waals surface area contributed by atoms with E-state index in [4.69, 9.17) is 4.42 Å². The Hall–Kier alpha value is -2.35. The fourth-order valence-electron chi connectivity index (χ4n) is 1.53. The van der Waals surface area contributed by atoms with Crippen LogP contribution >= 0.6 is 0 Å². The zero-order chi connectivity index (χ0) is 13.0. The molecule has 5 heteroatoms. The summed E-state index contributed by atoms with van der Waals surface area (Å²) in [5.41, 5.74) is 0.928. The number of hydrogen-bond donors (Lipinski definition) is 1. The van der Waals surface area contributed by atoms with Crippen LogP contribution in [0.2, 0.25) is 0 Å². The van der Waals surface area contributed by atoms with Gasteiger partial charge in [0, 0.05) is 6.54 Å². The average Bonchev–Trinajstić information content (AvgIpc) is 2.89. The third kappa shape index (κ3) is 2.48. The van der Waals surface area contributed by atoms with Gasteiger partial charge < -0.3 is 9.73 Å². The highest BCUT2D eigenvalue weighted by molar-refractivity contribution is 5.69. The maximum absolute atomic E-state index is 9.25. The molecule has 0 aliphatic carbocycles. The molecule has 2 heterocycles. The standard InChI is InChI=1S/C13H14N4O/c1-9(2)7-15-13-10(6-14)12(16-8-17-13)11-4-3-5-18-11/h3-5,8-9H,7H2,1-2H3,(H,15,16,17). The van der Waals surface area contributed by atoms with Crippen LogP contribution in [0.1, 0.15) is 19.4 Å². The van der Waals surface area contributed by atoms with Crippen molar-refractivity contribution in [1.29, 1.82) is 5.26 Å². The molecule has 0 radical (unpaired) electrons. The van der Waals surface area contributed by atoms with Gasteiger partial charge in [-0.2, -0.15) is 5.26 Å². The first kappa shape index (κ1) is 12.1. The van der Waals surface area contributed by atoms with Crippen molar-refractivity contribution in [1.82, 2.24) is 9.97 Å². The van der Waals surface area contributed by atoms with Crippen molar-refractivity contribution in [2.75, 3.05) is 11.9 Å². The number of nitriles is 1. The molecule has 0 bridgehead atoms. The Morgan fingerprint density at radius 1 is 1.44 bits per heavy atom. The average molecular weight is 242 g/mol. The molecule has 0 amide bonds. The SMILES string of the molecule is CC(C)CNc1ncnc(-c2ccco2)c1C#N. The Morgan fingerprint density at radius 3 is 2.89 bits per heavy atom. The predicted molar refractivity (Wildman–Crippen MR) is 67.8 cm³/mol. The van der Waals surface area contributed by atoms with E-state index in [2.05, 4.69) is 35.2 Å². The first-order valence-corrected chi connectivity index (χ1v) is 5.75. The summed E-state index contributed by atoms with van der Waals surface area (Å²) in [6.45, 7) is 4.94. The second kappa shape index (κ2) is 5.32. The van der Waals surface area contributed by atoms with Gasteiger partial charge >= 0.3 is 0 Å². The minimum Gasteiger partial charge on any atom is -0.463 e. The van der Waals surface area contributed by atoms with E-state index >= 15 is 0 Å². The lowest BCUT2D eigenvalue weighted by molar-refractivity contribution is 0.579. The fraction of sp³-hybridized carbons (Fsp3) is 0.308. The van der Waals surface area contributed by atoms with Crippen molar-refractivity contribution in [3.05, 3.63) is 30.3 Å². The van der Waals surface area contributed by atoms with E-state index in [1.54, 1.807) is 18.4 Å². The molecule has 2 aromatic rings. The molecule has 1 N–H and O–H groups in total. The van der Waals surface area contributed by atoms with Crippen LogP contribution in [-0.2, 0) is 0 Å². The molecule has 0 spiro atoms. The predicted octanol–water partition coefficient (Wildman–Crippen LogP) is 2.68. The second-order valence-corrected chi connectivity index (χ2v) is 4.31. The molecular formula is C13H14N4O. The molecule has 0 atom stereocenters. The summed E-state index contributed by atoms with van der Waals surface area (Å²) < 4.78 is 5.27. The van der Waals surface area contributed by atoms with Gasteiger partial charge in [0.2, 0.25) is 0 Å². The molecular weight excluding hydrogens is 228 g/mol. The molecule has 18 heavy (non-hydrogen) atoms. The Labute approximate surface area is 105 Å². The van der Waals surface area contributed by atoms with Crippen LogP contribution in [-0.4, -0.2) is 16.5 Å². The van der Waals surface area contributed by atoms with E-state index in [-0.39, 0.29) is 0 Å². The second-order valence-electron chi connectivity index (χ2n) is 4.31. The monoisotopic (exact) mass is 242 g/mol. The molecule has 2 rings (SSSR count). The summed E-state index contributed by atoms with van der Waals surface area (Å²) in [5, 5.41) is 12.4. The van der Waals surface area contributed by atoms with E-state index in [9.17, 15) is 5.26 Å². The summed E-state index contributed by atoms with van der Waals surface area (Å²) in [6.07, 6.45) is 2.99. The first-order valence-electron chi connectivity index (χ1n) is 5.75. The van der Waals surface area contributed by atoms with Crippen LogP contribution in [0.3, 0.4) is 0 Å². The van der Waals surface area contributed by atoms with Crippen molar-refractivity contribution in [2.24, 2.45) is 5.92 Å². The van der Waals surface area contributed by atoms with E-state index in [1.807, 2.05) is 0 Å². The largest absolute Gasteiger partial charge is 0.463 e. The minimum absolute atomic E-state index is 0.410. The molecule has 2 aromatic heterocycles. The van der Waals surface area contributed by atoms with E-state index in [1.165, 1.54) is 6.33 Å². The Balaban J connectivity index is 2.38. The normalized spacial score (nSPS) is 10.3. The zero-order valence-corrected chi connectivity index (χ0v) is 10.3. The maximum atomic E-state index is 9.25. The van der Waals surface area contributed by atoms with Gasteiger partial charge in [0.25, 0.3) is 0 Å². The number of nitrogens with zero attached hydrogens (tertiary/aromatic N) is 3. The molecule has 0 unspecified atom stereocenters. The van der Waals surface area contributed by atoms with Crippen LogP contribution in [0.15, 0.2) is 29.1 Å². The fourth-order valence-corrected chi connectivity index (χ4v) is 1.53. The van der Waals surface area contributed by atoms with Gasteiger partial charge in [-0.15, -0.1) is 0 Å². The van der Waals surface area contributed by atoms with Crippen LogP contribution in [0.4, 0.5) is 5.82 Å². The van der Waals surface area contributed by atoms with Gasteiger partial charge in [0.15, 0.2) is 5.76 Å². The van der Waals surface area contributed by atoms with Crippen molar-refractivity contribution in [3.8, 4) is 17.5 Å². The lowest BCUT2D eigenvalue weighted by Gasteiger charge is -2.10. The van der Waals surface area contributed by atoms with E-state index in [0.717, 1.165) is 6.54 Å². The number of rotatable bonds is 4. The third-order valence-electron chi connectivity index (χ3n) is 2.39. The molecule has 0 aliphatic rings. The topological polar surface area (TPSA) is 74.7 Å². The summed E-state index contributed by atoms with van der Waals surface area (Å²) in [6, 6.07) is 5.67. The molecule has 0 aromatic carbocycles. The third-order valence-corrected chi connectivity index (χ3v) is 2.39. The van der Waals surface area contributed by atoms with Crippen molar-refractivity contribution < 1.29 is 4.42 Å². The van der Waals surface area contributed by atoms with Crippen LogP contribution < -0.4 is 5.32 Å². The Kier molecular flexibility index (Phi) is 3.58. The van der Waals surface area contributed by atoms with E-state index < -0.39 is 0 Å². The van der Waals surface area contributed by atoms with Crippen LogP contribution in [0.5, 0.6) is 0 Å². The Bertz CT molecular complexity index is 555. The van der Waals surface area contributed by atoms with Gasteiger partial charge in [-0.05, 0) is 18.1 Å². The van der Waals surface area contributed by atoms with Crippen molar-refractivity contribution in [2.45, 2.75) is 13.8 Å². The Morgan fingerprint density at radius 2 is 2.28 bits per heavy atom. The number of aromatic nitrogens is 2. The lowest BCUT2D eigenvalue weighted by atomic mass is 10.1. The summed E-state index contributed by atoms with van der Waals surface area (Å²) >= 11 is 0. The van der Waals surface area contributed by atoms with Gasteiger partial charge in [-0.1, -0.05) is 13.8 Å². The number of hydrogen-bond acceptors (Lipinski definition) is 5. The van der Waals surface area contributed by atoms with E-state index in [0.29, 0.717) is 28.8 Å². The number of anilines is 1. The highest BCUT2D eigenvalue weighted by Gasteiger charge is 2.14. The minimum atomic E-state index is 0.410.